The van der Waals surface area contributed by atoms with Crippen molar-refractivity contribution in [3.63, 3.8) is 0 Å². The normalized spacial score (nSPS) is 31.0. The van der Waals surface area contributed by atoms with Gasteiger partial charge in [-0.05, 0) is 25.5 Å². The zero-order valence-corrected chi connectivity index (χ0v) is 13.7. The Morgan fingerprint density at radius 2 is 2.48 bits per heavy atom. The van der Waals surface area contributed by atoms with Gasteiger partial charge >= 0.3 is 5.97 Å². The van der Waals surface area contributed by atoms with Crippen LogP contribution in [0.3, 0.4) is 0 Å². The van der Waals surface area contributed by atoms with E-state index < -0.39 is 0 Å². The summed E-state index contributed by atoms with van der Waals surface area (Å²) >= 11 is 3.50. The summed E-state index contributed by atoms with van der Waals surface area (Å²) in [7, 11) is 1.42. The highest BCUT2D eigenvalue weighted by Gasteiger charge is 2.37. The number of amidine groups is 1. The molecule has 6 heteroatoms. The Balaban J connectivity index is 1.77. The molecule has 2 heterocycles. The number of carbonyl (C=O) groups is 1. The third kappa shape index (κ3) is 3.21. The van der Waals surface area contributed by atoms with Gasteiger partial charge in [0.15, 0.2) is 0 Å². The molecule has 2 aliphatic heterocycles. The molecule has 0 aromatic heterocycles. The summed E-state index contributed by atoms with van der Waals surface area (Å²) in [6.45, 7) is 1.98. The standard InChI is InChI=1S/C15H20BrN3O2/c1-21-15(20)8-14-18-12-7-10(16)4-5-13(12)19(14)9-11-3-2-6-17-11/h4-5,7,11-13,17H,2-3,6,8-9H2,1H3. The quantitative estimate of drug-likeness (QED) is 0.780. The molecule has 3 atom stereocenters. The lowest BCUT2D eigenvalue weighted by Crippen LogP contribution is -2.46. The van der Waals surface area contributed by atoms with Crippen molar-refractivity contribution in [2.75, 3.05) is 20.2 Å². The van der Waals surface area contributed by atoms with E-state index in [-0.39, 0.29) is 24.5 Å². The lowest BCUT2D eigenvalue weighted by atomic mass is 10.0. The van der Waals surface area contributed by atoms with Crippen LogP contribution in [0.4, 0.5) is 0 Å². The molecule has 1 aliphatic carbocycles. The molecule has 1 fully saturated rings. The third-order valence-corrected chi connectivity index (χ3v) is 4.76. The van der Waals surface area contributed by atoms with Crippen LogP contribution in [-0.4, -0.2) is 55.0 Å². The number of carbonyl (C=O) groups excluding carboxylic acids is 1. The molecule has 0 saturated carbocycles. The topological polar surface area (TPSA) is 53.9 Å². The largest absolute Gasteiger partial charge is 0.469 e. The van der Waals surface area contributed by atoms with Crippen LogP contribution >= 0.6 is 15.9 Å². The molecule has 1 saturated heterocycles. The van der Waals surface area contributed by atoms with Gasteiger partial charge in [0.1, 0.15) is 12.3 Å². The second-order valence-corrected chi connectivity index (χ2v) is 6.55. The molecule has 21 heavy (non-hydrogen) atoms. The number of aliphatic imine (C=N–C) groups is 1. The molecular weight excluding hydrogens is 334 g/mol. The van der Waals surface area contributed by atoms with E-state index in [9.17, 15) is 4.79 Å². The van der Waals surface area contributed by atoms with Gasteiger partial charge in [0, 0.05) is 17.1 Å². The van der Waals surface area contributed by atoms with Crippen LogP contribution in [0.1, 0.15) is 19.3 Å². The van der Waals surface area contributed by atoms with E-state index >= 15 is 0 Å². The minimum Gasteiger partial charge on any atom is -0.469 e. The molecular formula is C15H20BrN3O2. The first-order valence-corrected chi connectivity index (χ1v) is 8.15. The van der Waals surface area contributed by atoms with E-state index in [0.29, 0.717) is 6.04 Å². The van der Waals surface area contributed by atoms with Crippen LogP contribution in [-0.2, 0) is 9.53 Å². The number of hydrogen-bond donors (Lipinski definition) is 1. The molecule has 3 unspecified atom stereocenters. The SMILES string of the molecule is COC(=O)CC1=NC2C=C(Br)C=CC2N1CC1CCCN1. The van der Waals surface area contributed by atoms with Gasteiger partial charge in [0.05, 0.1) is 19.2 Å². The first-order chi connectivity index (χ1) is 10.2. The number of ether oxygens (including phenoxy) is 1. The van der Waals surface area contributed by atoms with Gasteiger partial charge in [-0.1, -0.05) is 28.1 Å². The van der Waals surface area contributed by atoms with Crippen LogP contribution < -0.4 is 5.32 Å². The fraction of sp³-hybridized carbons (Fsp3) is 0.600. The van der Waals surface area contributed by atoms with Gasteiger partial charge in [-0.15, -0.1) is 0 Å². The monoisotopic (exact) mass is 353 g/mol. The summed E-state index contributed by atoms with van der Waals surface area (Å²) in [4.78, 5) is 18.6. The molecule has 114 valence electrons. The van der Waals surface area contributed by atoms with Crippen molar-refractivity contribution in [2.45, 2.75) is 37.4 Å². The Bertz CT molecular complexity index is 509. The summed E-state index contributed by atoms with van der Waals surface area (Å²) in [6, 6.07) is 0.785. The highest BCUT2D eigenvalue weighted by molar-refractivity contribution is 9.11. The minimum atomic E-state index is -0.233. The van der Waals surface area contributed by atoms with E-state index in [1.165, 1.54) is 20.0 Å². The van der Waals surface area contributed by atoms with Crippen molar-refractivity contribution in [1.82, 2.24) is 10.2 Å². The summed E-state index contributed by atoms with van der Waals surface area (Å²) in [5, 5.41) is 3.51. The molecule has 0 aromatic rings. The van der Waals surface area contributed by atoms with Gasteiger partial charge in [-0.3, -0.25) is 9.79 Å². The molecule has 3 rings (SSSR count). The summed E-state index contributed by atoms with van der Waals surface area (Å²) in [6.07, 6.45) is 8.98. The second-order valence-electron chi connectivity index (χ2n) is 5.64. The minimum absolute atomic E-state index is 0.0884. The Morgan fingerprint density at radius 1 is 1.62 bits per heavy atom. The maximum Gasteiger partial charge on any atom is 0.313 e. The lowest BCUT2D eigenvalue weighted by molar-refractivity contribution is -0.139. The molecule has 3 aliphatic rings. The number of nitrogens with zero attached hydrogens (tertiary/aromatic N) is 2. The van der Waals surface area contributed by atoms with E-state index in [2.05, 4.69) is 44.4 Å². The third-order valence-electron chi connectivity index (χ3n) is 4.23. The zero-order chi connectivity index (χ0) is 14.8. The van der Waals surface area contributed by atoms with Crippen molar-refractivity contribution in [2.24, 2.45) is 4.99 Å². The molecule has 5 nitrogen and oxygen atoms in total. The van der Waals surface area contributed by atoms with E-state index in [0.717, 1.165) is 23.4 Å². The fourth-order valence-electron chi connectivity index (χ4n) is 3.17. The maximum atomic E-state index is 11.6. The van der Waals surface area contributed by atoms with Crippen LogP contribution in [0.25, 0.3) is 0 Å². The number of halogens is 1. The Hall–Kier alpha value is -1.14. The Labute approximate surface area is 133 Å². The average Bonchev–Trinajstić information content (AvgIpc) is 3.08. The van der Waals surface area contributed by atoms with Crippen molar-refractivity contribution in [1.29, 1.82) is 0 Å². The molecule has 0 amide bonds. The van der Waals surface area contributed by atoms with Gasteiger partial charge < -0.3 is 15.0 Å². The van der Waals surface area contributed by atoms with Crippen LogP contribution in [0.15, 0.2) is 27.7 Å². The number of nitrogens with one attached hydrogen (secondary N) is 1. The van der Waals surface area contributed by atoms with E-state index in [1.54, 1.807) is 0 Å². The first kappa shape index (κ1) is 14.8. The fourth-order valence-corrected chi connectivity index (χ4v) is 3.59. The molecule has 0 spiro atoms. The van der Waals surface area contributed by atoms with Gasteiger partial charge in [-0.2, -0.15) is 0 Å². The molecule has 1 N–H and O–H groups in total. The highest BCUT2D eigenvalue weighted by atomic mass is 79.9. The molecule has 0 aromatic carbocycles. The van der Waals surface area contributed by atoms with Gasteiger partial charge in [-0.25, -0.2) is 0 Å². The van der Waals surface area contributed by atoms with Crippen LogP contribution in [0.2, 0.25) is 0 Å². The van der Waals surface area contributed by atoms with E-state index in [1.807, 2.05) is 0 Å². The average molecular weight is 354 g/mol. The molecule has 0 radical (unpaired) electrons. The Morgan fingerprint density at radius 3 is 3.19 bits per heavy atom. The highest BCUT2D eigenvalue weighted by Crippen LogP contribution is 2.29. The molecule has 0 bridgehead atoms. The summed E-state index contributed by atoms with van der Waals surface area (Å²) in [5.41, 5.74) is 0. The van der Waals surface area contributed by atoms with E-state index in [4.69, 9.17) is 9.73 Å². The van der Waals surface area contributed by atoms with Gasteiger partial charge in [0.25, 0.3) is 0 Å². The maximum absolute atomic E-state index is 11.6. The van der Waals surface area contributed by atoms with Crippen molar-refractivity contribution >= 4 is 27.7 Å². The smallest absolute Gasteiger partial charge is 0.313 e. The second kappa shape index (κ2) is 6.32. The van der Waals surface area contributed by atoms with Crippen LogP contribution in [0.5, 0.6) is 0 Å². The predicted molar refractivity (Wildman–Crippen MR) is 85.5 cm³/mol. The van der Waals surface area contributed by atoms with Gasteiger partial charge in [0.2, 0.25) is 0 Å². The number of rotatable bonds is 4. The number of methoxy groups -OCH3 is 1. The zero-order valence-electron chi connectivity index (χ0n) is 12.1. The van der Waals surface area contributed by atoms with Crippen molar-refractivity contribution in [3.05, 3.63) is 22.7 Å². The van der Waals surface area contributed by atoms with Crippen molar-refractivity contribution < 1.29 is 9.53 Å². The summed E-state index contributed by atoms with van der Waals surface area (Å²) < 4.78 is 5.85. The number of esters is 1. The lowest BCUT2D eigenvalue weighted by Gasteiger charge is -2.31. The number of hydrogen-bond acceptors (Lipinski definition) is 5. The summed E-state index contributed by atoms with van der Waals surface area (Å²) in [5.74, 6) is 0.609. The number of fused-ring (bicyclic) bond motifs is 1. The number of allylic oxidation sites excluding steroid dienone is 2. The van der Waals surface area contributed by atoms with Crippen LogP contribution in [0, 0.1) is 0 Å². The first-order valence-electron chi connectivity index (χ1n) is 7.36. The Kier molecular flexibility index (Phi) is 4.45. The van der Waals surface area contributed by atoms with Crippen molar-refractivity contribution in [3.8, 4) is 0 Å². The predicted octanol–water partition coefficient (Wildman–Crippen LogP) is 1.60.